The lowest BCUT2D eigenvalue weighted by Crippen LogP contribution is -2.39. The molecule has 5 rings (SSSR count). The summed E-state index contributed by atoms with van der Waals surface area (Å²) in [6, 6.07) is 11.3. The summed E-state index contributed by atoms with van der Waals surface area (Å²) in [6.45, 7) is 3.31. The van der Waals surface area contributed by atoms with Gasteiger partial charge in [0.05, 0.1) is 0 Å². The van der Waals surface area contributed by atoms with Crippen LogP contribution in [-0.2, 0) is 5.41 Å². The number of hydrogen-bond donors (Lipinski definition) is 1. The van der Waals surface area contributed by atoms with E-state index in [4.69, 9.17) is 5.73 Å². The van der Waals surface area contributed by atoms with E-state index in [2.05, 4.69) is 37.3 Å². The van der Waals surface area contributed by atoms with Gasteiger partial charge in [0.15, 0.2) is 0 Å². The Labute approximate surface area is 116 Å². The highest BCUT2D eigenvalue weighted by Crippen LogP contribution is 2.77. The third kappa shape index (κ3) is 1.30. The first-order valence-electron chi connectivity index (χ1n) is 7.93. The third-order valence-electron chi connectivity index (χ3n) is 6.97. The molecule has 4 atom stereocenters. The molecule has 4 unspecified atom stereocenters. The van der Waals surface area contributed by atoms with Crippen LogP contribution >= 0.6 is 0 Å². The Morgan fingerprint density at radius 3 is 2.37 bits per heavy atom. The molecular weight excluding hydrogens is 230 g/mol. The fraction of sp³-hybridized carbons (Fsp3) is 0.667. The highest BCUT2D eigenvalue weighted by molar-refractivity contribution is 5.35. The molecule has 0 heterocycles. The lowest BCUT2D eigenvalue weighted by Gasteiger charge is -2.41. The molecule has 102 valence electrons. The molecular formula is C18H25N. The Morgan fingerprint density at radius 2 is 1.74 bits per heavy atom. The largest absolute Gasteiger partial charge is 0.330 e. The lowest BCUT2D eigenvalue weighted by atomic mass is 9.63. The molecule has 1 aromatic rings. The minimum Gasteiger partial charge on any atom is -0.330 e. The van der Waals surface area contributed by atoms with Crippen molar-refractivity contribution in [1.82, 2.24) is 0 Å². The molecule has 0 spiro atoms. The van der Waals surface area contributed by atoms with E-state index in [9.17, 15) is 0 Å². The van der Waals surface area contributed by atoms with Gasteiger partial charge in [0.2, 0.25) is 0 Å². The molecule has 4 aliphatic rings. The summed E-state index contributed by atoms with van der Waals surface area (Å²) in [5, 5.41) is 0. The van der Waals surface area contributed by atoms with Crippen LogP contribution in [-0.4, -0.2) is 6.54 Å². The van der Waals surface area contributed by atoms with E-state index in [1.165, 1.54) is 38.5 Å². The van der Waals surface area contributed by atoms with Gasteiger partial charge in [-0.1, -0.05) is 37.3 Å². The zero-order chi connectivity index (χ0) is 13.1. The minimum atomic E-state index is 0.456. The molecule has 0 amide bonds. The van der Waals surface area contributed by atoms with Gasteiger partial charge in [-0.2, -0.15) is 0 Å². The fourth-order valence-electron chi connectivity index (χ4n) is 6.46. The molecule has 4 saturated carbocycles. The molecule has 19 heavy (non-hydrogen) atoms. The molecule has 1 nitrogen and oxygen atoms in total. The fourth-order valence-corrected chi connectivity index (χ4v) is 6.46. The van der Waals surface area contributed by atoms with Crippen molar-refractivity contribution in [3.63, 3.8) is 0 Å². The molecule has 4 fully saturated rings. The van der Waals surface area contributed by atoms with Crippen LogP contribution in [0.15, 0.2) is 30.3 Å². The summed E-state index contributed by atoms with van der Waals surface area (Å²) < 4.78 is 0. The first-order valence-corrected chi connectivity index (χ1v) is 7.93. The van der Waals surface area contributed by atoms with E-state index < -0.39 is 0 Å². The Hall–Kier alpha value is -0.820. The second-order valence-corrected chi connectivity index (χ2v) is 7.60. The van der Waals surface area contributed by atoms with Crippen molar-refractivity contribution in [3.8, 4) is 0 Å². The monoisotopic (exact) mass is 255 g/mol. The Kier molecular flexibility index (Phi) is 2.29. The van der Waals surface area contributed by atoms with Crippen LogP contribution in [0.4, 0.5) is 0 Å². The van der Waals surface area contributed by atoms with E-state index in [1.54, 1.807) is 5.56 Å². The SMILES string of the molecule is CCC12CC3CC(c4ccccc4)(C1)CC2(CN)C3. The van der Waals surface area contributed by atoms with Gasteiger partial charge in [-0.3, -0.25) is 0 Å². The smallest absolute Gasteiger partial charge is 0.00148 e. The van der Waals surface area contributed by atoms with Crippen LogP contribution < -0.4 is 5.73 Å². The second kappa shape index (κ2) is 3.63. The van der Waals surface area contributed by atoms with Gasteiger partial charge in [-0.15, -0.1) is 0 Å². The topological polar surface area (TPSA) is 26.0 Å². The van der Waals surface area contributed by atoms with Crippen LogP contribution in [0, 0.1) is 16.7 Å². The summed E-state index contributed by atoms with van der Waals surface area (Å²) in [4.78, 5) is 0. The Balaban J connectivity index is 1.83. The van der Waals surface area contributed by atoms with Crippen LogP contribution in [0.3, 0.4) is 0 Å². The van der Waals surface area contributed by atoms with E-state index in [0.717, 1.165) is 12.5 Å². The van der Waals surface area contributed by atoms with Gasteiger partial charge in [-0.05, 0) is 72.8 Å². The van der Waals surface area contributed by atoms with Gasteiger partial charge in [0, 0.05) is 0 Å². The van der Waals surface area contributed by atoms with Crippen molar-refractivity contribution < 1.29 is 0 Å². The normalized spacial score (nSPS) is 46.9. The number of rotatable bonds is 3. The highest BCUT2D eigenvalue weighted by atomic mass is 14.8. The summed E-state index contributed by atoms with van der Waals surface area (Å²) in [5.74, 6) is 0.936. The van der Waals surface area contributed by atoms with Gasteiger partial charge in [0.1, 0.15) is 0 Å². The zero-order valence-corrected chi connectivity index (χ0v) is 12.0. The maximum atomic E-state index is 6.29. The van der Waals surface area contributed by atoms with E-state index in [0.29, 0.717) is 16.2 Å². The van der Waals surface area contributed by atoms with Crippen molar-refractivity contribution in [2.24, 2.45) is 22.5 Å². The zero-order valence-electron chi connectivity index (χ0n) is 12.0. The maximum absolute atomic E-state index is 6.29. The molecule has 4 aliphatic carbocycles. The lowest BCUT2D eigenvalue weighted by molar-refractivity contribution is 0.114. The Bertz CT molecular complexity index is 472. The molecule has 1 heteroatoms. The molecule has 0 aliphatic heterocycles. The summed E-state index contributed by atoms with van der Waals surface area (Å²) in [7, 11) is 0. The predicted octanol–water partition coefficient (Wildman–Crippen LogP) is 3.87. The molecule has 1 aromatic carbocycles. The maximum Gasteiger partial charge on any atom is -0.00148 e. The standard InChI is InChI=1S/C18H25N/c1-2-17-9-14-8-16(11-17,12-18(17,10-14)13-19)15-6-4-3-5-7-15/h3-7,14H,2,8-13,19H2,1H3. The Morgan fingerprint density at radius 1 is 1.05 bits per heavy atom. The number of hydrogen-bond acceptors (Lipinski definition) is 1. The number of benzene rings is 1. The van der Waals surface area contributed by atoms with Crippen molar-refractivity contribution in [3.05, 3.63) is 35.9 Å². The summed E-state index contributed by atoms with van der Waals surface area (Å²) in [5.41, 5.74) is 9.35. The first-order chi connectivity index (χ1) is 9.18. The molecule has 0 saturated heterocycles. The average Bonchev–Trinajstić information content (AvgIpc) is 2.80. The molecule has 2 N–H and O–H groups in total. The van der Waals surface area contributed by atoms with Crippen LogP contribution in [0.1, 0.15) is 51.0 Å². The van der Waals surface area contributed by atoms with Gasteiger partial charge < -0.3 is 5.73 Å². The third-order valence-corrected chi connectivity index (χ3v) is 6.97. The van der Waals surface area contributed by atoms with Crippen LogP contribution in [0.25, 0.3) is 0 Å². The first kappa shape index (κ1) is 12.0. The van der Waals surface area contributed by atoms with Gasteiger partial charge >= 0.3 is 0 Å². The van der Waals surface area contributed by atoms with Crippen LogP contribution in [0.5, 0.6) is 0 Å². The second-order valence-electron chi connectivity index (χ2n) is 7.60. The van der Waals surface area contributed by atoms with E-state index in [-0.39, 0.29) is 0 Å². The number of nitrogens with two attached hydrogens (primary N) is 1. The van der Waals surface area contributed by atoms with E-state index >= 15 is 0 Å². The van der Waals surface area contributed by atoms with Gasteiger partial charge in [0.25, 0.3) is 0 Å². The van der Waals surface area contributed by atoms with Crippen molar-refractivity contribution in [1.29, 1.82) is 0 Å². The quantitative estimate of drug-likeness (QED) is 0.871. The summed E-state index contributed by atoms with van der Waals surface area (Å²) >= 11 is 0. The minimum absolute atomic E-state index is 0.456. The highest BCUT2D eigenvalue weighted by Gasteiger charge is 2.70. The summed E-state index contributed by atoms with van der Waals surface area (Å²) in [6.07, 6.45) is 8.36. The molecule has 4 bridgehead atoms. The molecule has 0 aromatic heterocycles. The van der Waals surface area contributed by atoms with Gasteiger partial charge in [-0.25, -0.2) is 0 Å². The molecule has 0 radical (unpaired) electrons. The van der Waals surface area contributed by atoms with Crippen molar-refractivity contribution in [2.75, 3.05) is 6.54 Å². The predicted molar refractivity (Wildman–Crippen MR) is 78.9 cm³/mol. The van der Waals surface area contributed by atoms with Crippen molar-refractivity contribution in [2.45, 2.75) is 50.9 Å². The van der Waals surface area contributed by atoms with Crippen molar-refractivity contribution >= 4 is 0 Å². The average molecular weight is 255 g/mol. The van der Waals surface area contributed by atoms with E-state index in [1.807, 2.05) is 0 Å². The van der Waals surface area contributed by atoms with Crippen LogP contribution in [0.2, 0.25) is 0 Å².